The SMILES string of the molecule is COc1c2c(cc(O)c1-c1coc3cc(O)ccc3c1=O)OC(C)(C)C=C2. The third-order valence-corrected chi connectivity index (χ3v) is 4.52. The minimum Gasteiger partial charge on any atom is -0.508 e. The van der Waals surface area contributed by atoms with Crippen LogP contribution in [0.2, 0.25) is 0 Å². The molecule has 138 valence electrons. The zero-order valence-electron chi connectivity index (χ0n) is 15.1. The number of hydrogen-bond acceptors (Lipinski definition) is 6. The van der Waals surface area contributed by atoms with Gasteiger partial charge in [-0.3, -0.25) is 4.79 Å². The summed E-state index contributed by atoms with van der Waals surface area (Å²) in [7, 11) is 1.47. The molecular weight excluding hydrogens is 348 g/mol. The Morgan fingerprint density at radius 3 is 2.67 bits per heavy atom. The first-order valence-corrected chi connectivity index (χ1v) is 8.38. The second-order valence-corrected chi connectivity index (χ2v) is 6.91. The Labute approximate surface area is 154 Å². The molecule has 0 amide bonds. The van der Waals surface area contributed by atoms with E-state index in [-0.39, 0.29) is 39.0 Å². The van der Waals surface area contributed by atoms with Gasteiger partial charge in [-0.25, -0.2) is 0 Å². The van der Waals surface area contributed by atoms with Crippen molar-refractivity contribution in [3.8, 4) is 34.1 Å². The summed E-state index contributed by atoms with van der Waals surface area (Å²) in [6, 6.07) is 5.72. The smallest absolute Gasteiger partial charge is 0.200 e. The first-order valence-electron chi connectivity index (χ1n) is 8.38. The van der Waals surface area contributed by atoms with E-state index in [1.807, 2.05) is 26.0 Å². The lowest BCUT2D eigenvalue weighted by atomic mass is 9.95. The molecule has 2 aromatic carbocycles. The molecule has 0 radical (unpaired) electrons. The zero-order chi connectivity index (χ0) is 19.3. The molecule has 0 spiro atoms. The van der Waals surface area contributed by atoms with Gasteiger partial charge in [0.1, 0.15) is 40.4 Å². The van der Waals surface area contributed by atoms with Crippen LogP contribution >= 0.6 is 0 Å². The van der Waals surface area contributed by atoms with Gasteiger partial charge in [0, 0.05) is 12.1 Å². The molecule has 0 saturated carbocycles. The molecule has 3 aromatic rings. The van der Waals surface area contributed by atoms with Gasteiger partial charge in [-0.15, -0.1) is 0 Å². The lowest BCUT2D eigenvalue weighted by Gasteiger charge is -2.29. The number of phenolic OH excluding ortho intramolecular Hbond substituents is 2. The van der Waals surface area contributed by atoms with Crippen LogP contribution in [0, 0.1) is 0 Å². The van der Waals surface area contributed by atoms with Gasteiger partial charge >= 0.3 is 0 Å². The van der Waals surface area contributed by atoms with Crippen molar-refractivity contribution in [3.05, 3.63) is 52.4 Å². The van der Waals surface area contributed by atoms with E-state index in [9.17, 15) is 15.0 Å². The molecule has 2 N–H and O–H groups in total. The van der Waals surface area contributed by atoms with Crippen LogP contribution < -0.4 is 14.9 Å². The summed E-state index contributed by atoms with van der Waals surface area (Å²) in [6.45, 7) is 3.80. The highest BCUT2D eigenvalue weighted by Crippen LogP contribution is 2.47. The molecule has 0 fully saturated rings. The molecule has 27 heavy (non-hydrogen) atoms. The van der Waals surface area contributed by atoms with Crippen LogP contribution in [0.4, 0.5) is 0 Å². The number of methoxy groups -OCH3 is 1. The second kappa shape index (κ2) is 5.81. The number of hydrogen-bond donors (Lipinski definition) is 2. The largest absolute Gasteiger partial charge is 0.508 e. The number of fused-ring (bicyclic) bond motifs is 2. The molecule has 0 bridgehead atoms. The van der Waals surface area contributed by atoms with E-state index in [0.29, 0.717) is 17.1 Å². The van der Waals surface area contributed by atoms with E-state index in [4.69, 9.17) is 13.9 Å². The van der Waals surface area contributed by atoms with Crippen molar-refractivity contribution in [2.75, 3.05) is 7.11 Å². The van der Waals surface area contributed by atoms with Crippen molar-refractivity contribution in [2.24, 2.45) is 0 Å². The summed E-state index contributed by atoms with van der Waals surface area (Å²) < 4.78 is 16.9. The van der Waals surface area contributed by atoms with Gasteiger partial charge in [-0.2, -0.15) is 0 Å². The Kier molecular flexibility index (Phi) is 3.66. The highest BCUT2D eigenvalue weighted by atomic mass is 16.5. The third-order valence-electron chi connectivity index (χ3n) is 4.52. The van der Waals surface area contributed by atoms with Crippen LogP contribution in [0.25, 0.3) is 28.2 Å². The van der Waals surface area contributed by atoms with Gasteiger partial charge in [0.2, 0.25) is 5.43 Å². The molecule has 0 unspecified atom stereocenters. The number of ether oxygens (including phenoxy) is 2. The van der Waals surface area contributed by atoms with E-state index in [2.05, 4.69) is 0 Å². The van der Waals surface area contributed by atoms with Crippen LogP contribution in [-0.4, -0.2) is 22.9 Å². The van der Waals surface area contributed by atoms with Crippen molar-refractivity contribution in [1.29, 1.82) is 0 Å². The molecule has 1 aliphatic heterocycles. The summed E-state index contributed by atoms with van der Waals surface area (Å²) >= 11 is 0. The first-order chi connectivity index (χ1) is 12.8. The average Bonchev–Trinajstić information content (AvgIpc) is 2.60. The topological polar surface area (TPSA) is 89.1 Å². The fraction of sp³-hybridized carbons (Fsp3) is 0.190. The van der Waals surface area contributed by atoms with Crippen LogP contribution in [0.5, 0.6) is 23.0 Å². The van der Waals surface area contributed by atoms with Crippen molar-refractivity contribution in [3.63, 3.8) is 0 Å². The Balaban J connectivity index is 2.01. The van der Waals surface area contributed by atoms with Crippen molar-refractivity contribution >= 4 is 17.0 Å². The van der Waals surface area contributed by atoms with E-state index >= 15 is 0 Å². The first kappa shape index (κ1) is 17.0. The number of benzene rings is 2. The Bertz CT molecular complexity index is 1150. The average molecular weight is 366 g/mol. The summed E-state index contributed by atoms with van der Waals surface area (Å²) in [5, 5.41) is 20.5. The van der Waals surface area contributed by atoms with Crippen molar-refractivity contribution in [2.45, 2.75) is 19.4 Å². The molecule has 6 nitrogen and oxygen atoms in total. The van der Waals surface area contributed by atoms with Gasteiger partial charge in [0.05, 0.1) is 29.2 Å². The van der Waals surface area contributed by atoms with Crippen LogP contribution in [-0.2, 0) is 0 Å². The molecule has 1 aromatic heterocycles. The summed E-state index contributed by atoms with van der Waals surface area (Å²) in [5.74, 6) is 0.637. The normalized spacial score (nSPS) is 14.6. The van der Waals surface area contributed by atoms with Crippen molar-refractivity contribution < 1.29 is 24.1 Å². The Morgan fingerprint density at radius 1 is 1.15 bits per heavy atom. The third kappa shape index (κ3) is 2.70. The highest BCUT2D eigenvalue weighted by Gasteiger charge is 2.28. The van der Waals surface area contributed by atoms with E-state index in [1.165, 1.54) is 37.6 Å². The predicted octanol–water partition coefficient (Wildman–Crippen LogP) is 4.06. The fourth-order valence-corrected chi connectivity index (χ4v) is 3.24. The molecule has 0 aliphatic carbocycles. The quantitative estimate of drug-likeness (QED) is 0.711. The van der Waals surface area contributed by atoms with Gasteiger partial charge in [0.25, 0.3) is 0 Å². The van der Waals surface area contributed by atoms with Gasteiger partial charge in [-0.1, -0.05) is 0 Å². The number of aromatic hydroxyl groups is 2. The molecule has 6 heteroatoms. The van der Waals surface area contributed by atoms with Gasteiger partial charge in [0.15, 0.2) is 0 Å². The second-order valence-electron chi connectivity index (χ2n) is 6.91. The van der Waals surface area contributed by atoms with Gasteiger partial charge in [-0.05, 0) is 38.1 Å². The Hall–Kier alpha value is -3.41. The lowest BCUT2D eigenvalue weighted by molar-refractivity contribution is 0.157. The lowest BCUT2D eigenvalue weighted by Crippen LogP contribution is -2.27. The molecular formula is C21H18O6. The monoisotopic (exact) mass is 366 g/mol. The van der Waals surface area contributed by atoms with Crippen molar-refractivity contribution in [1.82, 2.24) is 0 Å². The van der Waals surface area contributed by atoms with Crippen LogP contribution in [0.1, 0.15) is 19.4 Å². The number of phenols is 2. The standard InChI is InChI=1S/C21H18O6/c1-21(2)7-6-13-17(27-21)9-15(23)18(20(13)25-3)14-10-26-16-8-11(22)4-5-12(16)19(14)24/h4-10,22-23H,1-3H3. The molecule has 1 aliphatic rings. The summed E-state index contributed by atoms with van der Waals surface area (Å²) in [4.78, 5) is 13.0. The molecule has 4 rings (SSSR count). The Morgan fingerprint density at radius 2 is 1.93 bits per heavy atom. The maximum absolute atomic E-state index is 13.0. The zero-order valence-corrected chi connectivity index (χ0v) is 15.1. The maximum Gasteiger partial charge on any atom is 0.200 e. The highest BCUT2D eigenvalue weighted by molar-refractivity contribution is 5.89. The van der Waals surface area contributed by atoms with E-state index in [1.54, 1.807) is 0 Å². The summed E-state index contributed by atoms with van der Waals surface area (Å²) in [5.41, 5.74) is 0.415. The minimum absolute atomic E-state index is 0.00231. The summed E-state index contributed by atoms with van der Waals surface area (Å²) in [6.07, 6.45) is 4.98. The molecule has 0 atom stereocenters. The fourth-order valence-electron chi connectivity index (χ4n) is 3.24. The van der Waals surface area contributed by atoms with Crippen LogP contribution in [0.15, 0.2) is 45.8 Å². The predicted molar refractivity (Wildman–Crippen MR) is 102 cm³/mol. The molecule has 0 saturated heterocycles. The van der Waals surface area contributed by atoms with Gasteiger partial charge < -0.3 is 24.1 Å². The van der Waals surface area contributed by atoms with E-state index < -0.39 is 5.60 Å². The van der Waals surface area contributed by atoms with Crippen LogP contribution in [0.3, 0.4) is 0 Å². The maximum atomic E-state index is 13.0. The van der Waals surface area contributed by atoms with E-state index in [0.717, 1.165) is 0 Å². The minimum atomic E-state index is -0.518. The molecule has 2 heterocycles. The number of rotatable bonds is 2.